The summed E-state index contributed by atoms with van der Waals surface area (Å²) in [5.74, 6) is 0.136. The van der Waals surface area contributed by atoms with Gasteiger partial charge in [-0.25, -0.2) is 0 Å². The van der Waals surface area contributed by atoms with E-state index in [4.69, 9.17) is 4.74 Å². The highest BCUT2D eigenvalue weighted by molar-refractivity contribution is 5.89. The molecule has 352 valence electrons. The number of ether oxygens (including phenoxy) is 1. The van der Waals surface area contributed by atoms with Crippen molar-refractivity contribution in [3.63, 3.8) is 0 Å². The Labute approximate surface area is 372 Å². The van der Waals surface area contributed by atoms with E-state index < -0.39 is 5.60 Å². The van der Waals surface area contributed by atoms with Gasteiger partial charge in [-0.15, -0.1) is 0 Å². The van der Waals surface area contributed by atoms with E-state index >= 15 is 0 Å². The summed E-state index contributed by atoms with van der Waals surface area (Å²) < 4.78 is 6.51. The first-order valence-electron chi connectivity index (χ1n) is 27.8. The highest BCUT2D eigenvalue weighted by atomic mass is 16.6. The van der Waals surface area contributed by atoms with Crippen LogP contribution in [0.2, 0.25) is 0 Å². The van der Waals surface area contributed by atoms with E-state index in [0.717, 1.165) is 64.2 Å². The predicted octanol–water partition coefficient (Wildman–Crippen LogP) is 20.0. The van der Waals surface area contributed by atoms with E-state index in [1.807, 2.05) is 0 Å². The fourth-order valence-corrected chi connectivity index (χ4v) is 9.27. The van der Waals surface area contributed by atoms with Crippen molar-refractivity contribution < 1.29 is 14.3 Å². The lowest BCUT2D eigenvalue weighted by atomic mass is 9.83. The van der Waals surface area contributed by atoms with Crippen LogP contribution < -0.4 is 0 Å². The summed E-state index contributed by atoms with van der Waals surface area (Å²) in [5.41, 5.74) is -0.894. The Hall–Kier alpha value is -0.860. The SMILES string of the molecule is CCCCCCCCCCCCCCCCCC(=O)OC(CCCCCCCC)(CCCCCCCCCCC)C(=O)CCCCCCCCCCCCCCCCC. The summed E-state index contributed by atoms with van der Waals surface area (Å²) in [6, 6.07) is 0. The van der Waals surface area contributed by atoms with Crippen LogP contribution in [0.5, 0.6) is 0 Å². The molecule has 0 aliphatic rings. The molecule has 0 radical (unpaired) electrons. The van der Waals surface area contributed by atoms with Gasteiger partial charge in [0.1, 0.15) is 0 Å². The van der Waals surface area contributed by atoms with Crippen molar-refractivity contribution in [3.8, 4) is 0 Å². The fraction of sp³-hybridized carbons (Fsp3) is 0.964. The van der Waals surface area contributed by atoms with Crippen molar-refractivity contribution in [1.29, 1.82) is 0 Å². The first kappa shape index (κ1) is 58.1. The topological polar surface area (TPSA) is 43.4 Å². The van der Waals surface area contributed by atoms with Crippen LogP contribution in [0.25, 0.3) is 0 Å². The number of carbonyl (C=O) groups excluding carboxylic acids is 2. The smallest absolute Gasteiger partial charge is 0.306 e. The minimum absolute atomic E-state index is 0.105. The van der Waals surface area contributed by atoms with Crippen molar-refractivity contribution in [3.05, 3.63) is 0 Å². The third-order valence-electron chi connectivity index (χ3n) is 13.4. The normalized spacial score (nSPS) is 12.6. The Morgan fingerprint density at radius 2 is 0.475 bits per heavy atom. The largest absolute Gasteiger partial charge is 0.451 e. The Bertz CT molecular complexity index is 837. The standard InChI is InChI=1S/C56H110O3/c1-5-9-13-17-21-24-26-28-30-32-34-36-39-42-46-50-54(57)56(52-48-44-20-16-12-8-4,53-49-45-41-38-23-19-15-11-7-3)59-55(58)51-47-43-40-37-35-33-31-29-27-25-22-18-14-10-6-2/h5-53H2,1-4H3. The van der Waals surface area contributed by atoms with Gasteiger partial charge < -0.3 is 4.74 Å². The van der Waals surface area contributed by atoms with E-state index in [1.165, 1.54) is 238 Å². The fourth-order valence-electron chi connectivity index (χ4n) is 9.27. The zero-order chi connectivity index (χ0) is 43.0. The lowest BCUT2D eigenvalue weighted by Gasteiger charge is -2.33. The monoisotopic (exact) mass is 831 g/mol. The van der Waals surface area contributed by atoms with Gasteiger partial charge in [0.15, 0.2) is 11.4 Å². The zero-order valence-electron chi connectivity index (χ0n) is 41.4. The highest BCUT2D eigenvalue weighted by Crippen LogP contribution is 2.32. The van der Waals surface area contributed by atoms with Gasteiger partial charge in [0.05, 0.1) is 0 Å². The lowest BCUT2D eigenvalue weighted by Crippen LogP contribution is -2.43. The van der Waals surface area contributed by atoms with Gasteiger partial charge in [-0.1, -0.05) is 291 Å². The maximum Gasteiger partial charge on any atom is 0.306 e. The van der Waals surface area contributed by atoms with Gasteiger partial charge in [-0.05, 0) is 38.5 Å². The molecule has 0 fully saturated rings. The van der Waals surface area contributed by atoms with Crippen molar-refractivity contribution in [2.45, 2.75) is 348 Å². The van der Waals surface area contributed by atoms with Crippen molar-refractivity contribution in [1.82, 2.24) is 0 Å². The molecule has 0 aliphatic carbocycles. The van der Waals surface area contributed by atoms with E-state index in [2.05, 4.69) is 27.7 Å². The molecule has 0 saturated carbocycles. The van der Waals surface area contributed by atoms with Gasteiger partial charge in [0, 0.05) is 12.8 Å². The second-order valence-corrected chi connectivity index (χ2v) is 19.4. The molecule has 1 atom stereocenters. The van der Waals surface area contributed by atoms with Crippen LogP contribution in [0.3, 0.4) is 0 Å². The Morgan fingerprint density at radius 1 is 0.271 bits per heavy atom. The van der Waals surface area contributed by atoms with Crippen LogP contribution >= 0.6 is 0 Å². The number of unbranched alkanes of at least 4 members (excludes halogenated alkanes) is 41. The summed E-state index contributed by atoms with van der Waals surface area (Å²) in [6.07, 6.45) is 60.8. The Balaban J connectivity index is 4.90. The number of carbonyl (C=O) groups is 2. The van der Waals surface area contributed by atoms with Crippen molar-refractivity contribution >= 4 is 11.8 Å². The molecule has 0 bridgehead atoms. The quantitative estimate of drug-likeness (QED) is 0.0453. The molecule has 0 spiro atoms. The van der Waals surface area contributed by atoms with E-state index in [-0.39, 0.29) is 11.8 Å². The number of ketones is 1. The molecular weight excluding hydrogens is 721 g/mol. The lowest BCUT2D eigenvalue weighted by molar-refractivity contribution is -0.170. The molecule has 0 aromatic heterocycles. The number of Topliss-reactive ketones (excluding diaryl/α,β-unsaturated/α-hetero) is 1. The van der Waals surface area contributed by atoms with Gasteiger partial charge >= 0.3 is 5.97 Å². The first-order chi connectivity index (χ1) is 29.1. The summed E-state index contributed by atoms with van der Waals surface area (Å²) >= 11 is 0. The molecule has 59 heavy (non-hydrogen) atoms. The van der Waals surface area contributed by atoms with Gasteiger partial charge in [-0.2, -0.15) is 0 Å². The predicted molar refractivity (Wildman–Crippen MR) is 263 cm³/mol. The van der Waals surface area contributed by atoms with E-state index in [1.54, 1.807) is 0 Å². The minimum Gasteiger partial charge on any atom is -0.451 e. The molecule has 0 rings (SSSR count). The van der Waals surface area contributed by atoms with Gasteiger partial charge in [-0.3, -0.25) is 9.59 Å². The molecule has 0 heterocycles. The van der Waals surface area contributed by atoms with Crippen molar-refractivity contribution in [2.24, 2.45) is 0 Å². The van der Waals surface area contributed by atoms with Crippen LogP contribution in [0, 0.1) is 0 Å². The maximum atomic E-state index is 14.3. The summed E-state index contributed by atoms with van der Waals surface area (Å²) in [4.78, 5) is 27.9. The number of esters is 1. The number of hydrogen-bond donors (Lipinski definition) is 0. The van der Waals surface area contributed by atoms with Gasteiger partial charge in [0.25, 0.3) is 0 Å². The summed E-state index contributed by atoms with van der Waals surface area (Å²) in [6.45, 7) is 9.14. The second kappa shape index (κ2) is 48.2. The Kier molecular flexibility index (Phi) is 47.5. The zero-order valence-corrected chi connectivity index (χ0v) is 41.4. The molecule has 0 aromatic carbocycles. The van der Waals surface area contributed by atoms with Crippen LogP contribution in [0.15, 0.2) is 0 Å². The minimum atomic E-state index is -0.894. The molecule has 3 nitrogen and oxygen atoms in total. The number of hydrogen-bond acceptors (Lipinski definition) is 3. The maximum absolute atomic E-state index is 14.3. The molecule has 0 N–H and O–H groups in total. The van der Waals surface area contributed by atoms with Crippen LogP contribution in [-0.4, -0.2) is 17.4 Å². The molecule has 0 aromatic rings. The van der Waals surface area contributed by atoms with Gasteiger partial charge in [0.2, 0.25) is 0 Å². The van der Waals surface area contributed by atoms with Crippen molar-refractivity contribution in [2.75, 3.05) is 0 Å². The molecule has 0 aliphatic heterocycles. The molecule has 3 heteroatoms. The molecular formula is C56H110O3. The molecule has 0 saturated heterocycles. The first-order valence-corrected chi connectivity index (χ1v) is 27.8. The van der Waals surface area contributed by atoms with E-state index in [9.17, 15) is 9.59 Å². The molecule has 1 unspecified atom stereocenters. The summed E-state index contributed by atoms with van der Waals surface area (Å²) in [7, 11) is 0. The highest BCUT2D eigenvalue weighted by Gasteiger charge is 2.40. The third kappa shape index (κ3) is 40.9. The molecule has 0 amide bonds. The average Bonchev–Trinajstić information content (AvgIpc) is 3.24. The second-order valence-electron chi connectivity index (χ2n) is 19.4. The average molecular weight is 831 g/mol. The number of rotatable bonds is 51. The third-order valence-corrected chi connectivity index (χ3v) is 13.4. The summed E-state index contributed by atoms with van der Waals surface area (Å²) in [5, 5.41) is 0. The van der Waals surface area contributed by atoms with Crippen LogP contribution in [0.4, 0.5) is 0 Å². The van der Waals surface area contributed by atoms with Crippen LogP contribution in [0.1, 0.15) is 342 Å². The van der Waals surface area contributed by atoms with E-state index in [0.29, 0.717) is 12.8 Å². The van der Waals surface area contributed by atoms with Crippen LogP contribution in [-0.2, 0) is 14.3 Å². The Morgan fingerprint density at radius 3 is 0.729 bits per heavy atom.